The van der Waals surface area contributed by atoms with Crippen molar-refractivity contribution in [3.05, 3.63) is 35.4 Å². The van der Waals surface area contributed by atoms with Crippen LogP contribution in [-0.4, -0.2) is 23.0 Å². The summed E-state index contributed by atoms with van der Waals surface area (Å²) in [6.07, 6.45) is 1.09. The van der Waals surface area contributed by atoms with Crippen molar-refractivity contribution in [2.75, 3.05) is 13.1 Å². The number of benzene rings is 1. The second kappa shape index (κ2) is 7.49. The first-order chi connectivity index (χ1) is 8.56. The summed E-state index contributed by atoms with van der Waals surface area (Å²) in [6, 6.07) is 8.85. The molecule has 2 N–H and O–H groups in total. The van der Waals surface area contributed by atoms with Crippen LogP contribution in [0.1, 0.15) is 31.9 Å². The summed E-state index contributed by atoms with van der Waals surface area (Å²) in [5, 5.41) is 0. The second-order valence-corrected chi connectivity index (χ2v) is 5.27. The molecule has 1 aromatic rings. The fraction of sp³-hybridized carbons (Fsp3) is 0.533. The van der Waals surface area contributed by atoms with Gasteiger partial charge in [-0.1, -0.05) is 57.3 Å². The van der Waals surface area contributed by atoms with E-state index in [4.69, 9.17) is 18.0 Å². The Morgan fingerprint density at radius 3 is 2.22 bits per heavy atom. The Bertz CT molecular complexity index is 373. The minimum Gasteiger partial charge on any atom is -0.393 e. The van der Waals surface area contributed by atoms with Gasteiger partial charge in [0.25, 0.3) is 0 Å². The molecule has 18 heavy (non-hydrogen) atoms. The van der Waals surface area contributed by atoms with Crippen LogP contribution in [-0.2, 0) is 13.0 Å². The predicted molar refractivity (Wildman–Crippen MR) is 82.7 cm³/mol. The monoisotopic (exact) mass is 264 g/mol. The van der Waals surface area contributed by atoms with Gasteiger partial charge in [-0.25, -0.2) is 0 Å². The molecule has 0 aliphatic carbocycles. The largest absolute Gasteiger partial charge is 0.393 e. The molecular weight excluding hydrogens is 240 g/mol. The van der Waals surface area contributed by atoms with Gasteiger partial charge in [0.1, 0.15) is 0 Å². The van der Waals surface area contributed by atoms with Gasteiger partial charge in [-0.15, -0.1) is 0 Å². The van der Waals surface area contributed by atoms with E-state index in [9.17, 15) is 0 Å². The van der Waals surface area contributed by atoms with Crippen molar-refractivity contribution in [2.24, 2.45) is 11.7 Å². The molecule has 0 radical (unpaired) electrons. The SMILES string of the molecule is CCc1ccc(CN(CC)CC(C)C(N)=S)cc1. The third kappa shape index (κ3) is 4.75. The fourth-order valence-corrected chi connectivity index (χ4v) is 2.00. The zero-order valence-corrected chi connectivity index (χ0v) is 12.5. The molecule has 0 heterocycles. The zero-order valence-electron chi connectivity index (χ0n) is 11.6. The van der Waals surface area contributed by atoms with Gasteiger partial charge >= 0.3 is 0 Å². The smallest absolute Gasteiger partial charge is 0.0768 e. The normalized spacial score (nSPS) is 12.7. The van der Waals surface area contributed by atoms with E-state index in [1.165, 1.54) is 11.1 Å². The van der Waals surface area contributed by atoms with Crippen molar-refractivity contribution in [3.8, 4) is 0 Å². The zero-order chi connectivity index (χ0) is 13.5. The summed E-state index contributed by atoms with van der Waals surface area (Å²) in [5.74, 6) is 0.273. The first-order valence-electron chi connectivity index (χ1n) is 6.66. The lowest BCUT2D eigenvalue weighted by Gasteiger charge is -2.23. The molecule has 0 amide bonds. The second-order valence-electron chi connectivity index (χ2n) is 4.80. The highest BCUT2D eigenvalue weighted by Crippen LogP contribution is 2.10. The van der Waals surface area contributed by atoms with Crippen LogP contribution in [0, 0.1) is 5.92 Å². The van der Waals surface area contributed by atoms with Gasteiger partial charge in [0.05, 0.1) is 4.99 Å². The van der Waals surface area contributed by atoms with Crippen LogP contribution in [0.15, 0.2) is 24.3 Å². The number of hydrogen-bond donors (Lipinski definition) is 1. The lowest BCUT2D eigenvalue weighted by molar-refractivity contribution is 0.264. The average molecular weight is 264 g/mol. The molecule has 0 aliphatic heterocycles. The van der Waals surface area contributed by atoms with Crippen LogP contribution < -0.4 is 5.73 Å². The van der Waals surface area contributed by atoms with Gasteiger partial charge in [0.15, 0.2) is 0 Å². The summed E-state index contributed by atoms with van der Waals surface area (Å²) < 4.78 is 0. The highest BCUT2D eigenvalue weighted by molar-refractivity contribution is 7.80. The quantitative estimate of drug-likeness (QED) is 0.768. The number of nitrogens with two attached hydrogens (primary N) is 1. The Morgan fingerprint density at radius 1 is 1.22 bits per heavy atom. The molecule has 0 saturated heterocycles. The Kier molecular flexibility index (Phi) is 6.30. The third-order valence-corrected chi connectivity index (χ3v) is 3.70. The van der Waals surface area contributed by atoms with E-state index >= 15 is 0 Å². The molecule has 0 saturated carbocycles. The lowest BCUT2D eigenvalue weighted by atomic mass is 10.1. The molecule has 1 rings (SSSR count). The van der Waals surface area contributed by atoms with E-state index in [-0.39, 0.29) is 5.92 Å². The van der Waals surface area contributed by atoms with Crippen molar-refractivity contribution >= 4 is 17.2 Å². The first-order valence-corrected chi connectivity index (χ1v) is 7.07. The topological polar surface area (TPSA) is 29.3 Å². The van der Waals surface area contributed by atoms with Gasteiger partial charge in [-0.05, 0) is 24.1 Å². The van der Waals surface area contributed by atoms with Gasteiger partial charge in [-0.3, -0.25) is 4.90 Å². The van der Waals surface area contributed by atoms with Crippen molar-refractivity contribution in [2.45, 2.75) is 33.7 Å². The number of nitrogens with zero attached hydrogens (tertiary/aromatic N) is 1. The van der Waals surface area contributed by atoms with Crippen LogP contribution in [0.3, 0.4) is 0 Å². The Labute approximate surface area is 116 Å². The molecule has 1 unspecified atom stereocenters. The van der Waals surface area contributed by atoms with E-state index in [1.54, 1.807) is 0 Å². The molecule has 0 fully saturated rings. The van der Waals surface area contributed by atoms with Crippen LogP contribution in [0.2, 0.25) is 0 Å². The molecular formula is C15H24N2S. The molecule has 1 aromatic carbocycles. The highest BCUT2D eigenvalue weighted by atomic mass is 32.1. The molecule has 1 atom stereocenters. The molecule has 0 bridgehead atoms. The summed E-state index contributed by atoms with van der Waals surface area (Å²) in [7, 11) is 0. The summed E-state index contributed by atoms with van der Waals surface area (Å²) in [5.41, 5.74) is 8.41. The number of rotatable bonds is 7. The maximum atomic E-state index is 5.68. The first kappa shape index (κ1) is 15.1. The van der Waals surface area contributed by atoms with Gasteiger partial charge < -0.3 is 5.73 Å². The predicted octanol–water partition coefficient (Wildman–Crippen LogP) is 2.99. The van der Waals surface area contributed by atoms with Gasteiger partial charge in [-0.2, -0.15) is 0 Å². The summed E-state index contributed by atoms with van der Waals surface area (Å²) in [4.78, 5) is 2.99. The van der Waals surface area contributed by atoms with Gasteiger partial charge in [0, 0.05) is 19.0 Å². The van der Waals surface area contributed by atoms with Crippen molar-refractivity contribution in [3.63, 3.8) is 0 Å². The van der Waals surface area contributed by atoms with E-state index in [2.05, 4.69) is 49.9 Å². The number of thiocarbonyl (C=S) groups is 1. The number of hydrogen-bond acceptors (Lipinski definition) is 2. The third-order valence-electron chi connectivity index (χ3n) is 3.30. The minimum absolute atomic E-state index is 0.273. The van der Waals surface area contributed by atoms with Crippen LogP contribution >= 0.6 is 12.2 Å². The van der Waals surface area contributed by atoms with E-state index < -0.39 is 0 Å². The van der Waals surface area contributed by atoms with Crippen molar-refractivity contribution in [1.29, 1.82) is 0 Å². The fourth-order valence-electron chi connectivity index (χ4n) is 1.92. The Balaban J connectivity index is 2.58. The van der Waals surface area contributed by atoms with E-state index in [0.717, 1.165) is 26.1 Å². The highest BCUT2D eigenvalue weighted by Gasteiger charge is 2.11. The van der Waals surface area contributed by atoms with Crippen molar-refractivity contribution < 1.29 is 0 Å². The molecule has 0 aliphatic rings. The lowest BCUT2D eigenvalue weighted by Crippen LogP contribution is -2.33. The average Bonchev–Trinajstić information content (AvgIpc) is 2.38. The standard InChI is InChI=1S/C15H24N2S/c1-4-13-6-8-14(9-7-13)11-17(5-2)10-12(3)15(16)18/h6-9,12H,4-5,10-11H2,1-3H3,(H2,16,18). The van der Waals surface area contributed by atoms with E-state index in [0.29, 0.717) is 4.99 Å². The Hall–Kier alpha value is -0.930. The summed E-state index contributed by atoms with van der Waals surface area (Å²) >= 11 is 5.03. The molecule has 100 valence electrons. The maximum Gasteiger partial charge on any atom is 0.0768 e. The van der Waals surface area contributed by atoms with Gasteiger partial charge in [0.2, 0.25) is 0 Å². The number of aryl methyl sites for hydroxylation is 1. The molecule has 0 aromatic heterocycles. The minimum atomic E-state index is 0.273. The molecule has 3 heteroatoms. The van der Waals surface area contributed by atoms with Crippen molar-refractivity contribution in [1.82, 2.24) is 4.90 Å². The molecule has 2 nitrogen and oxygen atoms in total. The van der Waals surface area contributed by atoms with Crippen LogP contribution in [0.5, 0.6) is 0 Å². The maximum absolute atomic E-state index is 5.68. The van der Waals surface area contributed by atoms with E-state index in [1.807, 2.05) is 0 Å². The van der Waals surface area contributed by atoms with Crippen LogP contribution in [0.4, 0.5) is 0 Å². The van der Waals surface area contributed by atoms with Crippen LogP contribution in [0.25, 0.3) is 0 Å². The molecule has 0 spiro atoms. The summed E-state index contributed by atoms with van der Waals surface area (Å²) in [6.45, 7) is 9.35. The Morgan fingerprint density at radius 2 is 1.78 bits per heavy atom.